The molecule has 0 aromatic heterocycles. The Kier molecular flexibility index (Phi) is 6.54. The van der Waals surface area contributed by atoms with Crippen LogP contribution in [-0.2, 0) is 6.04 Å². The minimum atomic E-state index is -0.961. The maximum atomic E-state index is 3.64. The lowest BCUT2D eigenvalue weighted by molar-refractivity contribution is 1.37. The molecule has 0 aliphatic carbocycles. The van der Waals surface area contributed by atoms with Crippen molar-refractivity contribution < 1.29 is 0 Å². The van der Waals surface area contributed by atoms with Crippen LogP contribution in [0.2, 0.25) is 0 Å². The van der Waals surface area contributed by atoms with Crippen LogP contribution in [0.25, 0.3) is 0 Å². The lowest BCUT2D eigenvalue weighted by atomic mass is 10.2. The highest BCUT2D eigenvalue weighted by atomic mass is 79.9. The van der Waals surface area contributed by atoms with Crippen molar-refractivity contribution in [3.8, 4) is 0 Å². The third-order valence-electron chi connectivity index (χ3n) is 3.65. The maximum absolute atomic E-state index is 3.64. The van der Waals surface area contributed by atoms with Gasteiger partial charge in [-0.25, -0.2) is 0 Å². The van der Waals surface area contributed by atoms with Crippen LogP contribution < -0.4 is 10.4 Å². The van der Waals surface area contributed by atoms with Crippen molar-refractivity contribution in [2.45, 2.75) is 6.04 Å². The molecule has 0 heterocycles. The summed E-state index contributed by atoms with van der Waals surface area (Å²) in [7, 11) is -0.961. The van der Waals surface area contributed by atoms with Crippen molar-refractivity contribution in [1.82, 2.24) is 0 Å². The van der Waals surface area contributed by atoms with E-state index in [0.29, 0.717) is 0 Å². The first-order valence-corrected chi connectivity index (χ1v) is 12.2. The average Bonchev–Trinajstić information content (AvgIpc) is 2.51. The molecule has 0 aliphatic rings. The van der Waals surface area contributed by atoms with Crippen LogP contribution in [-0.4, -0.2) is 8.80 Å². The van der Waals surface area contributed by atoms with E-state index in [0.717, 1.165) is 23.9 Å². The zero-order valence-electron chi connectivity index (χ0n) is 12.6. The van der Waals surface area contributed by atoms with Crippen LogP contribution in [0.3, 0.4) is 0 Å². The monoisotopic (exact) mass is 585 g/mol. The largest absolute Gasteiger partial charge is 0.126 e. The molecule has 1 radical (unpaired) electrons. The fourth-order valence-electron chi connectivity index (χ4n) is 2.63. The first-order valence-electron chi connectivity index (χ1n) is 7.34. The number of hydrogen-bond acceptors (Lipinski definition) is 0. The lowest BCUT2D eigenvalue weighted by Gasteiger charge is -2.18. The Morgan fingerprint density at radius 3 is 1.42 bits per heavy atom. The normalized spacial score (nSPS) is 11.0. The summed E-state index contributed by atoms with van der Waals surface area (Å²) in [5, 5.41) is 2.77. The second-order valence-corrected chi connectivity index (χ2v) is 11.6. The van der Waals surface area contributed by atoms with Crippen molar-refractivity contribution in [2.75, 3.05) is 0 Å². The third-order valence-corrected chi connectivity index (χ3v) is 8.21. The number of benzene rings is 3. The predicted octanol–water partition coefficient (Wildman–Crippen LogP) is 6.13. The first-order chi connectivity index (χ1) is 11.5. The molecule has 0 amide bonds. The SMILES string of the molecule is Brc1cc(Br)cc([Si](Cc2ccccc2)c2cc(Br)cc(Br)c2)c1. The molecule has 0 bridgehead atoms. The zero-order chi connectivity index (χ0) is 17.1. The molecule has 5 heteroatoms. The topological polar surface area (TPSA) is 0 Å². The van der Waals surface area contributed by atoms with Gasteiger partial charge < -0.3 is 0 Å². The summed E-state index contributed by atoms with van der Waals surface area (Å²) in [6, 6.07) is 24.9. The number of hydrogen-bond donors (Lipinski definition) is 0. The average molecular weight is 589 g/mol. The van der Waals surface area contributed by atoms with Gasteiger partial charge >= 0.3 is 0 Å². The molecule has 3 aromatic carbocycles. The molecule has 0 saturated carbocycles. The van der Waals surface area contributed by atoms with E-state index in [-0.39, 0.29) is 0 Å². The van der Waals surface area contributed by atoms with E-state index in [9.17, 15) is 0 Å². The molecule has 0 atom stereocenters. The van der Waals surface area contributed by atoms with E-state index in [2.05, 4.69) is 130 Å². The van der Waals surface area contributed by atoms with Gasteiger partial charge in [0, 0.05) is 17.9 Å². The molecule has 0 saturated heterocycles. The zero-order valence-corrected chi connectivity index (χ0v) is 19.9. The summed E-state index contributed by atoms with van der Waals surface area (Å²) in [5.74, 6) is 0. The van der Waals surface area contributed by atoms with Crippen molar-refractivity contribution in [1.29, 1.82) is 0 Å². The molecule has 24 heavy (non-hydrogen) atoms. The van der Waals surface area contributed by atoms with E-state index in [1.165, 1.54) is 15.9 Å². The fraction of sp³-hybridized carbons (Fsp3) is 0.0526. The lowest BCUT2D eigenvalue weighted by Crippen LogP contribution is -2.44. The number of rotatable bonds is 4. The van der Waals surface area contributed by atoms with Gasteiger partial charge in [-0.1, -0.05) is 110 Å². The van der Waals surface area contributed by atoms with Gasteiger partial charge in [0.25, 0.3) is 0 Å². The quantitative estimate of drug-likeness (QED) is 0.322. The van der Waals surface area contributed by atoms with Gasteiger partial charge in [-0.05, 0) is 42.4 Å². The van der Waals surface area contributed by atoms with Gasteiger partial charge in [0.15, 0.2) is 0 Å². The predicted molar refractivity (Wildman–Crippen MR) is 119 cm³/mol. The van der Waals surface area contributed by atoms with Gasteiger partial charge in [-0.2, -0.15) is 0 Å². The van der Waals surface area contributed by atoms with E-state index < -0.39 is 8.80 Å². The van der Waals surface area contributed by atoms with Crippen molar-refractivity contribution >= 4 is 82.9 Å². The fourth-order valence-corrected chi connectivity index (χ4v) is 8.76. The van der Waals surface area contributed by atoms with Crippen molar-refractivity contribution in [2.24, 2.45) is 0 Å². The molecular formula is C19H13Br4Si. The first kappa shape index (κ1) is 18.6. The van der Waals surface area contributed by atoms with Gasteiger partial charge in [0.2, 0.25) is 0 Å². The van der Waals surface area contributed by atoms with E-state index >= 15 is 0 Å². The van der Waals surface area contributed by atoms with Crippen LogP contribution >= 0.6 is 63.7 Å². The maximum Gasteiger partial charge on any atom is 0.126 e. The minimum Gasteiger partial charge on any atom is -0.0622 e. The Bertz CT molecular complexity index is 757. The van der Waals surface area contributed by atoms with E-state index in [4.69, 9.17) is 0 Å². The Hall–Kier alpha value is -0.203. The summed E-state index contributed by atoms with van der Waals surface area (Å²) in [5.41, 5.74) is 1.37. The highest BCUT2D eigenvalue weighted by Gasteiger charge is 2.19. The van der Waals surface area contributed by atoms with Crippen LogP contribution in [0.4, 0.5) is 0 Å². The Morgan fingerprint density at radius 2 is 1.00 bits per heavy atom. The highest BCUT2D eigenvalue weighted by Crippen LogP contribution is 2.19. The van der Waals surface area contributed by atoms with Gasteiger partial charge in [-0.3, -0.25) is 0 Å². The molecule has 3 rings (SSSR count). The van der Waals surface area contributed by atoms with Crippen LogP contribution in [0.5, 0.6) is 0 Å². The van der Waals surface area contributed by atoms with Gasteiger partial charge in [0.1, 0.15) is 8.80 Å². The van der Waals surface area contributed by atoms with Crippen molar-refractivity contribution in [3.63, 3.8) is 0 Å². The molecular weight excluding hydrogens is 576 g/mol. The summed E-state index contributed by atoms with van der Waals surface area (Å²) in [6.45, 7) is 0. The summed E-state index contributed by atoms with van der Waals surface area (Å²) in [4.78, 5) is 0. The molecule has 0 nitrogen and oxygen atoms in total. The minimum absolute atomic E-state index is 0.961. The van der Waals surface area contributed by atoms with E-state index in [1.54, 1.807) is 0 Å². The smallest absolute Gasteiger partial charge is 0.0622 e. The molecule has 0 spiro atoms. The van der Waals surface area contributed by atoms with E-state index in [1.807, 2.05) is 0 Å². The standard InChI is InChI=1S/C19H13Br4Si/c20-14-6-15(21)9-18(8-14)24(12-13-4-2-1-3-5-13)19-10-16(22)7-17(23)11-19/h1-11H,12H2. The van der Waals surface area contributed by atoms with Crippen molar-refractivity contribution in [3.05, 3.63) is 90.2 Å². The van der Waals surface area contributed by atoms with Gasteiger partial charge in [0.05, 0.1) is 0 Å². The third kappa shape index (κ3) is 4.91. The highest BCUT2D eigenvalue weighted by molar-refractivity contribution is 9.11. The van der Waals surface area contributed by atoms with Crippen LogP contribution in [0.1, 0.15) is 5.56 Å². The Morgan fingerprint density at radius 1 is 0.583 bits per heavy atom. The summed E-state index contributed by atoms with van der Waals surface area (Å²) in [6.07, 6.45) is 0. The number of halogens is 4. The second kappa shape index (κ2) is 8.45. The summed E-state index contributed by atoms with van der Waals surface area (Å²) < 4.78 is 4.43. The molecule has 0 aliphatic heterocycles. The summed E-state index contributed by atoms with van der Waals surface area (Å²) >= 11 is 14.5. The second-order valence-electron chi connectivity index (χ2n) is 5.46. The van der Waals surface area contributed by atoms with Crippen LogP contribution in [0.15, 0.2) is 84.6 Å². The Labute approximate surface area is 177 Å². The Balaban J connectivity index is 2.09. The molecule has 3 aromatic rings. The molecule has 0 N–H and O–H groups in total. The van der Waals surface area contributed by atoms with Crippen LogP contribution in [0, 0.1) is 0 Å². The molecule has 121 valence electrons. The molecule has 0 fully saturated rings. The molecule has 0 unspecified atom stereocenters. The van der Waals surface area contributed by atoms with Gasteiger partial charge in [-0.15, -0.1) is 0 Å².